The molecule has 0 aromatic carbocycles. The third kappa shape index (κ3) is 1.95. The number of rotatable bonds is 3. The monoisotopic (exact) mass is 131 g/mol. The summed E-state index contributed by atoms with van der Waals surface area (Å²) in [5, 5.41) is 11.2. The van der Waals surface area contributed by atoms with Crippen LogP contribution in [0.5, 0.6) is 0 Å². The quantitative estimate of drug-likeness (QED) is 0.557. The van der Waals surface area contributed by atoms with Crippen LogP contribution >= 0.6 is 0 Å². The molecule has 1 N–H and O–H groups in total. The number of hydrogen-bond acceptors (Lipinski definition) is 1. The molecule has 0 rings (SSSR count). The molecule has 0 aromatic heterocycles. The zero-order chi connectivity index (χ0) is 7.49. The van der Waals surface area contributed by atoms with Gasteiger partial charge in [0.1, 0.15) is 0 Å². The van der Waals surface area contributed by atoms with Gasteiger partial charge in [-0.3, -0.25) is 0 Å². The van der Waals surface area contributed by atoms with Crippen molar-refractivity contribution in [3.8, 4) is 0 Å². The lowest BCUT2D eigenvalue weighted by Gasteiger charge is -2.36. The maximum atomic E-state index is 10.9. The number of hydrogen-bond donors (Lipinski definition) is 1. The van der Waals surface area contributed by atoms with Crippen molar-refractivity contribution in [1.29, 1.82) is 0 Å². The molecule has 1 atom stereocenters. The van der Waals surface area contributed by atoms with Gasteiger partial charge in [-0.1, -0.05) is 13.8 Å². The summed E-state index contributed by atoms with van der Waals surface area (Å²) in [6.07, 6.45) is 1.91. The zero-order valence-electron chi connectivity index (χ0n) is 6.82. The van der Waals surface area contributed by atoms with Crippen molar-refractivity contribution in [3.05, 3.63) is 5.21 Å². The predicted molar refractivity (Wildman–Crippen MR) is 39.2 cm³/mol. The molecule has 0 aromatic rings. The zero-order valence-corrected chi connectivity index (χ0v) is 6.82. The van der Waals surface area contributed by atoms with E-state index in [0.717, 1.165) is 12.8 Å². The second-order valence-corrected chi connectivity index (χ2v) is 2.82. The first kappa shape index (κ1) is 8.92. The summed E-state index contributed by atoms with van der Waals surface area (Å²) in [4.78, 5) is 0. The molecular weight excluding hydrogens is 114 g/mol. The summed E-state index contributed by atoms with van der Waals surface area (Å²) in [6, 6.07) is 0. The Balaban J connectivity index is 3.92. The predicted octanol–water partition coefficient (Wildman–Crippen LogP) is 0.578. The van der Waals surface area contributed by atoms with E-state index >= 15 is 0 Å². The minimum Gasteiger partial charge on any atom is -0.634 e. The van der Waals surface area contributed by atoms with E-state index in [-0.39, 0.29) is 5.54 Å². The highest BCUT2D eigenvalue weighted by atomic mass is 16.5. The first-order valence-corrected chi connectivity index (χ1v) is 3.58. The largest absolute Gasteiger partial charge is 0.634 e. The minimum atomic E-state index is -0.0556. The molecule has 56 valence electrons. The molecule has 0 amide bonds. The summed E-state index contributed by atoms with van der Waals surface area (Å²) in [7, 11) is 1.67. The van der Waals surface area contributed by atoms with Crippen molar-refractivity contribution in [2.75, 3.05) is 7.05 Å². The molecule has 1 unspecified atom stereocenters. The van der Waals surface area contributed by atoms with Gasteiger partial charge in [-0.25, -0.2) is 0 Å². The van der Waals surface area contributed by atoms with Crippen LogP contribution in [0, 0.1) is 5.21 Å². The molecular formula is C7H17NO. The van der Waals surface area contributed by atoms with Gasteiger partial charge in [0.25, 0.3) is 0 Å². The lowest BCUT2D eigenvalue weighted by Crippen LogP contribution is -3.12. The van der Waals surface area contributed by atoms with Gasteiger partial charge in [0.05, 0.1) is 12.6 Å². The SMILES string of the molecule is CCC(C)(CC)[NH+](C)[O-]. The van der Waals surface area contributed by atoms with E-state index in [1.165, 1.54) is 0 Å². The van der Waals surface area contributed by atoms with Gasteiger partial charge < -0.3 is 10.3 Å². The van der Waals surface area contributed by atoms with E-state index in [9.17, 15) is 5.21 Å². The van der Waals surface area contributed by atoms with Crippen molar-refractivity contribution in [1.82, 2.24) is 0 Å². The Labute approximate surface area is 57.4 Å². The summed E-state index contributed by atoms with van der Waals surface area (Å²) in [5.74, 6) is 0. The molecule has 0 radical (unpaired) electrons. The second-order valence-electron chi connectivity index (χ2n) is 2.82. The fraction of sp³-hybridized carbons (Fsp3) is 1.00. The van der Waals surface area contributed by atoms with Crippen LogP contribution in [0.1, 0.15) is 33.6 Å². The molecule has 2 nitrogen and oxygen atoms in total. The Hall–Kier alpha value is -0.0800. The average molecular weight is 131 g/mol. The maximum absolute atomic E-state index is 10.9. The van der Waals surface area contributed by atoms with Crippen molar-refractivity contribution < 1.29 is 5.06 Å². The van der Waals surface area contributed by atoms with E-state index in [2.05, 4.69) is 13.8 Å². The van der Waals surface area contributed by atoms with Gasteiger partial charge in [0, 0.05) is 0 Å². The van der Waals surface area contributed by atoms with E-state index in [0.29, 0.717) is 5.06 Å². The molecule has 0 bridgehead atoms. The fourth-order valence-corrected chi connectivity index (χ4v) is 0.748. The smallest absolute Gasteiger partial charge is 0.0938 e. The summed E-state index contributed by atoms with van der Waals surface area (Å²) < 4.78 is 0. The molecule has 0 saturated heterocycles. The Morgan fingerprint density at radius 3 is 1.67 bits per heavy atom. The van der Waals surface area contributed by atoms with Crippen LogP contribution in [0.2, 0.25) is 0 Å². The Kier molecular flexibility index (Phi) is 3.15. The van der Waals surface area contributed by atoms with Crippen molar-refractivity contribution >= 4 is 0 Å². The molecule has 0 spiro atoms. The Bertz CT molecular complexity index is 77.0. The topological polar surface area (TPSA) is 27.5 Å². The van der Waals surface area contributed by atoms with Gasteiger partial charge in [0.15, 0.2) is 0 Å². The van der Waals surface area contributed by atoms with Crippen LogP contribution in [0.3, 0.4) is 0 Å². The van der Waals surface area contributed by atoms with E-state index in [4.69, 9.17) is 0 Å². The van der Waals surface area contributed by atoms with Crippen LogP contribution in [0.25, 0.3) is 0 Å². The summed E-state index contributed by atoms with van der Waals surface area (Å²) in [5.41, 5.74) is -0.0556. The fourth-order valence-electron chi connectivity index (χ4n) is 0.748. The Morgan fingerprint density at radius 1 is 1.33 bits per heavy atom. The standard InChI is InChI=1S/C7H17NO/c1-5-7(3,6-2)8(4)9/h8H,5-6H2,1-4H3. The van der Waals surface area contributed by atoms with Crippen molar-refractivity contribution in [2.24, 2.45) is 0 Å². The molecule has 2 heteroatoms. The molecule has 0 saturated carbocycles. The number of quaternary nitrogens is 1. The molecule has 0 aliphatic rings. The van der Waals surface area contributed by atoms with E-state index in [1.807, 2.05) is 6.92 Å². The number of nitrogens with one attached hydrogen (secondary N) is 1. The van der Waals surface area contributed by atoms with Gasteiger partial charge in [-0.2, -0.15) is 0 Å². The molecule has 0 heterocycles. The molecule has 0 aliphatic heterocycles. The number of hydroxylamine groups is 2. The average Bonchev–Trinajstić information content (AvgIpc) is 1.86. The lowest BCUT2D eigenvalue weighted by atomic mass is 9.96. The third-order valence-electron chi connectivity index (χ3n) is 2.41. The lowest BCUT2D eigenvalue weighted by molar-refractivity contribution is -0.884. The van der Waals surface area contributed by atoms with Crippen LogP contribution in [-0.4, -0.2) is 12.6 Å². The van der Waals surface area contributed by atoms with Crippen LogP contribution in [-0.2, 0) is 0 Å². The minimum absolute atomic E-state index is 0.0556. The highest BCUT2D eigenvalue weighted by molar-refractivity contribution is 4.67. The normalized spacial score (nSPS) is 15.7. The molecule has 0 aliphatic carbocycles. The van der Waals surface area contributed by atoms with Gasteiger partial charge in [-0.15, -0.1) is 0 Å². The van der Waals surface area contributed by atoms with Gasteiger partial charge in [-0.05, 0) is 19.8 Å². The summed E-state index contributed by atoms with van der Waals surface area (Å²) in [6.45, 7) is 6.14. The first-order valence-electron chi connectivity index (χ1n) is 3.58. The Morgan fingerprint density at radius 2 is 1.67 bits per heavy atom. The first-order chi connectivity index (χ1) is 4.06. The van der Waals surface area contributed by atoms with Crippen LogP contribution in [0.4, 0.5) is 0 Å². The van der Waals surface area contributed by atoms with Gasteiger partial charge in [0.2, 0.25) is 0 Å². The third-order valence-corrected chi connectivity index (χ3v) is 2.41. The van der Waals surface area contributed by atoms with Crippen molar-refractivity contribution in [3.63, 3.8) is 0 Å². The van der Waals surface area contributed by atoms with Gasteiger partial charge >= 0.3 is 0 Å². The molecule has 9 heavy (non-hydrogen) atoms. The van der Waals surface area contributed by atoms with E-state index in [1.54, 1.807) is 7.05 Å². The van der Waals surface area contributed by atoms with E-state index < -0.39 is 0 Å². The van der Waals surface area contributed by atoms with Crippen molar-refractivity contribution in [2.45, 2.75) is 39.2 Å². The highest BCUT2D eigenvalue weighted by Crippen LogP contribution is 2.07. The van der Waals surface area contributed by atoms with Crippen LogP contribution in [0.15, 0.2) is 0 Å². The molecule has 0 fully saturated rings. The van der Waals surface area contributed by atoms with Crippen LogP contribution < -0.4 is 5.06 Å². The highest BCUT2D eigenvalue weighted by Gasteiger charge is 2.23. The summed E-state index contributed by atoms with van der Waals surface area (Å²) >= 11 is 0. The maximum Gasteiger partial charge on any atom is 0.0938 e. The second kappa shape index (κ2) is 3.18.